The topological polar surface area (TPSA) is 79.6 Å². The first-order valence-electron chi connectivity index (χ1n) is 9.05. The predicted octanol–water partition coefficient (Wildman–Crippen LogP) is 2.97. The van der Waals surface area contributed by atoms with E-state index in [1.165, 1.54) is 0 Å². The first kappa shape index (κ1) is 19.4. The average Bonchev–Trinajstić information content (AvgIpc) is 3.22. The zero-order chi connectivity index (χ0) is 19.8. The van der Waals surface area contributed by atoms with Crippen LogP contribution in [0.3, 0.4) is 0 Å². The number of ether oxygens (including phenoxy) is 1. The Hall–Kier alpha value is -3.32. The Bertz CT molecular complexity index is 896. The van der Waals surface area contributed by atoms with Crippen molar-refractivity contribution >= 4 is 11.7 Å². The van der Waals surface area contributed by atoms with Crippen LogP contribution in [0.5, 0.6) is 5.75 Å². The highest BCUT2D eigenvalue weighted by Gasteiger charge is 2.17. The molecule has 7 nitrogen and oxygen atoms in total. The van der Waals surface area contributed by atoms with E-state index in [-0.39, 0.29) is 19.2 Å². The highest BCUT2D eigenvalue weighted by atomic mass is 16.5. The summed E-state index contributed by atoms with van der Waals surface area (Å²) in [5.41, 5.74) is 2.53. The molecule has 7 heteroatoms. The summed E-state index contributed by atoms with van der Waals surface area (Å²) in [6, 6.07) is 16.7. The molecule has 0 radical (unpaired) electrons. The highest BCUT2D eigenvalue weighted by Crippen LogP contribution is 2.21. The van der Waals surface area contributed by atoms with Crippen LogP contribution in [-0.4, -0.2) is 46.1 Å². The average molecular weight is 380 g/mol. The maximum Gasteiger partial charge on any atom is 0.322 e. The van der Waals surface area contributed by atoms with Gasteiger partial charge in [0.1, 0.15) is 5.75 Å². The zero-order valence-electron chi connectivity index (χ0n) is 15.8. The molecule has 0 spiro atoms. The minimum Gasteiger partial charge on any atom is -0.496 e. The van der Waals surface area contributed by atoms with Crippen LogP contribution in [-0.2, 0) is 13.1 Å². The molecule has 0 saturated heterocycles. The third kappa shape index (κ3) is 4.89. The minimum atomic E-state index is -0.284. The standard InChI is InChI=1S/C21H24N4O3/c1-28-20-10-5-3-8-18(20)15-24(13-14-26)21(27)23-19-9-4-2-7-17(19)16-25-12-6-11-22-25/h2-12,26H,13-16H2,1H3,(H,23,27). The van der Waals surface area contributed by atoms with Gasteiger partial charge in [0.15, 0.2) is 0 Å². The van der Waals surface area contributed by atoms with Crippen molar-refractivity contribution in [3.05, 3.63) is 78.1 Å². The lowest BCUT2D eigenvalue weighted by Crippen LogP contribution is -2.37. The number of aromatic nitrogens is 2. The zero-order valence-corrected chi connectivity index (χ0v) is 15.8. The molecule has 28 heavy (non-hydrogen) atoms. The summed E-state index contributed by atoms with van der Waals surface area (Å²) in [6.07, 6.45) is 3.59. The van der Waals surface area contributed by atoms with Gasteiger partial charge in [0, 0.05) is 30.2 Å². The molecule has 0 aliphatic heterocycles. The molecule has 3 aromatic rings. The molecule has 3 rings (SSSR count). The summed E-state index contributed by atoms with van der Waals surface area (Å²) >= 11 is 0. The summed E-state index contributed by atoms with van der Waals surface area (Å²) in [5.74, 6) is 0.706. The molecule has 2 amide bonds. The molecule has 0 atom stereocenters. The maximum absolute atomic E-state index is 12.9. The number of rotatable bonds is 8. The summed E-state index contributed by atoms with van der Waals surface area (Å²) in [5, 5.41) is 16.6. The number of benzene rings is 2. The quantitative estimate of drug-likeness (QED) is 0.630. The number of aliphatic hydroxyl groups is 1. The second kappa shape index (κ2) is 9.57. The van der Waals surface area contributed by atoms with Gasteiger partial charge in [-0.05, 0) is 23.8 Å². The fraction of sp³-hybridized carbons (Fsp3) is 0.238. The van der Waals surface area contributed by atoms with Crippen LogP contribution in [0.1, 0.15) is 11.1 Å². The van der Waals surface area contributed by atoms with Crippen LogP contribution in [0.25, 0.3) is 0 Å². The second-order valence-electron chi connectivity index (χ2n) is 6.25. The Morgan fingerprint density at radius 1 is 1.14 bits per heavy atom. The lowest BCUT2D eigenvalue weighted by molar-refractivity contribution is 0.184. The van der Waals surface area contributed by atoms with Crippen LogP contribution in [0.4, 0.5) is 10.5 Å². The van der Waals surface area contributed by atoms with Crippen LogP contribution in [0.15, 0.2) is 67.0 Å². The molecule has 0 aliphatic carbocycles. The van der Waals surface area contributed by atoms with Gasteiger partial charge in [-0.1, -0.05) is 36.4 Å². The molecule has 0 saturated carbocycles. The van der Waals surface area contributed by atoms with Gasteiger partial charge in [0.2, 0.25) is 0 Å². The number of carbonyl (C=O) groups excluding carboxylic acids is 1. The van der Waals surface area contributed by atoms with E-state index in [0.717, 1.165) is 11.1 Å². The molecule has 2 N–H and O–H groups in total. The van der Waals surface area contributed by atoms with Gasteiger partial charge in [-0.2, -0.15) is 5.10 Å². The van der Waals surface area contributed by atoms with Gasteiger partial charge in [-0.25, -0.2) is 4.79 Å². The molecule has 146 valence electrons. The van der Waals surface area contributed by atoms with Gasteiger partial charge < -0.3 is 20.1 Å². The number of nitrogens with zero attached hydrogens (tertiary/aromatic N) is 3. The number of amides is 2. The van der Waals surface area contributed by atoms with Crippen molar-refractivity contribution < 1.29 is 14.6 Å². The van der Waals surface area contributed by atoms with Gasteiger partial charge in [0.25, 0.3) is 0 Å². The van der Waals surface area contributed by atoms with Crippen LogP contribution in [0, 0.1) is 0 Å². The lowest BCUT2D eigenvalue weighted by atomic mass is 10.1. The van der Waals surface area contributed by atoms with E-state index in [2.05, 4.69) is 10.4 Å². The summed E-state index contributed by atoms with van der Waals surface area (Å²) in [4.78, 5) is 14.5. The number of anilines is 1. The minimum absolute atomic E-state index is 0.127. The first-order valence-corrected chi connectivity index (χ1v) is 9.05. The Morgan fingerprint density at radius 3 is 2.61 bits per heavy atom. The van der Waals surface area contributed by atoms with E-state index < -0.39 is 0 Å². The van der Waals surface area contributed by atoms with Crippen LogP contribution >= 0.6 is 0 Å². The summed E-state index contributed by atoms with van der Waals surface area (Å²) in [6.45, 7) is 0.969. The third-order valence-electron chi connectivity index (χ3n) is 4.36. The molecule has 0 aliphatic rings. The highest BCUT2D eigenvalue weighted by molar-refractivity contribution is 5.90. The number of carbonyl (C=O) groups is 1. The van der Waals surface area contributed by atoms with Crippen molar-refractivity contribution in [2.24, 2.45) is 0 Å². The molecule has 1 aromatic heterocycles. The van der Waals surface area contributed by atoms with E-state index in [9.17, 15) is 9.90 Å². The fourth-order valence-corrected chi connectivity index (χ4v) is 2.96. The van der Waals surface area contributed by atoms with Crippen molar-refractivity contribution in [1.82, 2.24) is 14.7 Å². The van der Waals surface area contributed by atoms with Crippen LogP contribution in [0.2, 0.25) is 0 Å². The Labute approximate surface area is 164 Å². The molecule has 2 aromatic carbocycles. The predicted molar refractivity (Wildman–Crippen MR) is 107 cm³/mol. The number of urea groups is 1. The maximum atomic E-state index is 12.9. The smallest absolute Gasteiger partial charge is 0.322 e. The largest absolute Gasteiger partial charge is 0.496 e. The Kier molecular flexibility index (Phi) is 6.64. The molecular formula is C21H24N4O3. The fourth-order valence-electron chi connectivity index (χ4n) is 2.96. The number of para-hydroxylation sites is 2. The van der Waals surface area contributed by atoms with Crippen LogP contribution < -0.4 is 10.1 Å². The Balaban J connectivity index is 1.76. The van der Waals surface area contributed by atoms with Crippen molar-refractivity contribution in [2.75, 3.05) is 25.6 Å². The van der Waals surface area contributed by atoms with Gasteiger partial charge in [-0.3, -0.25) is 4.68 Å². The van der Waals surface area contributed by atoms with E-state index >= 15 is 0 Å². The van der Waals surface area contributed by atoms with Gasteiger partial charge in [0.05, 0.1) is 26.8 Å². The number of hydrogen-bond acceptors (Lipinski definition) is 4. The van der Waals surface area contributed by atoms with E-state index in [4.69, 9.17) is 4.74 Å². The molecule has 0 bridgehead atoms. The van der Waals surface area contributed by atoms with Crippen molar-refractivity contribution in [2.45, 2.75) is 13.1 Å². The summed E-state index contributed by atoms with van der Waals surface area (Å²) < 4.78 is 7.17. The molecule has 0 unspecified atom stereocenters. The van der Waals surface area contributed by atoms with E-state index in [1.807, 2.05) is 60.8 Å². The van der Waals surface area contributed by atoms with E-state index in [0.29, 0.717) is 24.5 Å². The summed E-state index contributed by atoms with van der Waals surface area (Å²) in [7, 11) is 1.60. The molecule has 1 heterocycles. The monoisotopic (exact) mass is 380 g/mol. The molecular weight excluding hydrogens is 356 g/mol. The van der Waals surface area contributed by atoms with Gasteiger partial charge in [-0.15, -0.1) is 0 Å². The number of aliphatic hydroxyl groups excluding tert-OH is 1. The van der Waals surface area contributed by atoms with Crippen molar-refractivity contribution in [1.29, 1.82) is 0 Å². The SMILES string of the molecule is COc1ccccc1CN(CCO)C(=O)Nc1ccccc1Cn1cccn1. The third-order valence-corrected chi connectivity index (χ3v) is 4.36. The molecule has 0 fully saturated rings. The van der Waals surface area contributed by atoms with Gasteiger partial charge >= 0.3 is 6.03 Å². The number of nitrogens with one attached hydrogen (secondary N) is 1. The van der Waals surface area contributed by atoms with Crippen molar-refractivity contribution in [3.8, 4) is 5.75 Å². The van der Waals surface area contributed by atoms with Crippen molar-refractivity contribution in [3.63, 3.8) is 0 Å². The number of methoxy groups -OCH3 is 1. The Morgan fingerprint density at radius 2 is 1.89 bits per heavy atom. The number of hydrogen-bond donors (Lipinski definition) is 2. The lowest BCUT2D eigenvalue weighted by Gasteiger charge is -2.24. The van der Waals surface area contributed by atoms with E-state index in [1.54, 1.807) is 22.9 Å². The first-order chi connectivity index (χ1) is 13.7. The second-order valence-corrected chi connectivity index (χ2v) is 6.25. The normalized spacial score (nSPS) is 10.5.